The molecule has 0 saturated heterocycles. The Morgan fingerprint density at radius 1 is 1.18 bits per heavy atom. The molecule has 0 bridgehead atoms. The minimum atomic E-state index is -3.46. The zero-order chi connectivity index (χ0) is 24.5. The molecule has 10 heteroatoms. The standard InChI is InChI=1S/C24H27N5O4S/c1-5-12-34(31,32)28-20-9-6-8-19(16(20)4)27-24(30)17-13-21(22-10-7-11-33-22)26-23-18(17)14-25-29(23)15(2)3/h6-11,13-15,28H,5,12H2,1-4H3,(H,27,30). The van der Waals surface area contributed by atoms with Gasteiger partial charge in [-0.05, 0) is 63.1 Å². The van der Waals surface area contributed by atoms with Crippen LogP contribution < -0.4 is 10.0 Å². The van der Waals surface area contributed by atoms with Gasteiger partial charge in [0.15, 0.2) is 11.4 Å². The van der Waals surface area contributed by atoms with E-state index in [2.05, 4.69) is 20.1 Å². The summed E-state index contributed by atoms with van der Waals surface area (Å²) >= 11 is 0. The van der Waals surface area contributed by atoms with Crippen LogP contribution in [-0.2, 0) is 10.0 Å². The smallest absolute Gasteiger partial charge is 0.256 e. The van der Waals surface area contributed by atoms with Crippen molar-refractivity contribution < 1.29 is 17.6 Å². The topological polar surface area (TPSA) is 119 Å². The van der Waals surface area contributed by atoms with Crippen LogP contribution in [0.4, 0.5) is 11.4 Å². The third-order valence-electron chi connectivity index (χ3n) is 5.39. The van der Waals surface area contributed by atoms with Gasteiger partial charge < -0.3 is 9.73 Å². The molecule has 0 aliphatic carbocycles. The normalized spacial score (nSPS) is 11.8. The molecule has 3 aromatic heterocycles. The molecule has 1 aromatic carbocycles. The summed E-state index contributed by atoms with van der Waals surface area (Å²) in [4.78, 5) is 18.1. The largest absolute Gasteiger partial charge is 0.463 e. The molecule has 3 heterocycles. The molecule has 0 aliphatic rings. The quantitative estimate of drug-likeness (QED) is 0.366. The van der Waals surface area contributed by atoms with E-state index in [4.69, 9.17) is 4.42 Å². The van der Waals surface area contributed by atoms with E-state index in [0.717, 1.165) is 0 Å². The summed E-state index contributed by atoms with van der Waals surface area (Å²) in [6.07, 6.45) is 3.69. The molecular formula is C24H27N5O4S. The molecule has 2 N–H and O–H groups in total. The van der Waals surface area contributed by atoms with Gasteiger partial charge in [-0.3, -0.25) is 9.52 Å². The third-order valence-corrected chi connectivity index (χ3v) is 6.87. The van der Waals surface area contributed by atoms with Gasteiger partial charge in [-0.15, -0.1) is 0 Å². The van der Waals surface area contributed by atoms with Crippen LogP contribution in [-0.4, -0.2) is 34.8 Å². The highest BCUT2D eigenvalue weighted by molar-refractivity contribution is 7.92. The van der Waals surface area contributed by atoms with Gasteiger partial charge in [-0.25, -0.2) is 18.1 Å². The summed E-state index contributed by atoms with van der Waals surface area (Å²) in [7, 11) is -3.46. The Bertz CT molecular complexity index is 1440. The van der Waals surface area contributed by atoms with Gasteiger partial charge in [0.25, 0.3) is 5.91 Å². The lowest BCUT2D eigenvalue weighted by atomic mass is 10.1. The molecular weight excluding hydrogens is 454 g/mol. The van der Waals surface area contributed by atoms with Gasteiger partial charge >= 0.3 is 0 Å². The van der Waals surface area contributed by atoms with Gasteiger partial charge in [0.2, 0.25) is 10.0 Å². The van der Waals surface area contributed by atoms with Crippen LogP contribution in [0.5, 0.6) is 0 Å². The molecule has 0 radical (unpaired) electrons. The zero-order valence-electron chi connectivity index (χ0n) is 19.5. The first-order valence-electron chi connectivity index (χ1n) is 11.0. The van der Waals surface area contributed by atoms with E-state index < -0.39 is 10.0 Å². The monoisotopic (exact) mass is 481 g/mol. The number of nitrogens with zero attached hydrogens (tertiary/aromatic N) is 3. The number of carbonyl (C=O) groups excluding carboxylic acids is 1. The number of nitrogens with one attached hydrogen (secondary N) is 2. The lowest BCUT2D eigenvalue weighted by Gasteiger charge is -2.15. The van der Waals surface area contributed by atoms with Crippen LogP contribution in [0.2, 0.25) is 0 Å². The van der Waals surface area contributed by atoms with Crippen LogP contribution in [0.3, 0.4) is 0 Å². The number of anilines is 2. The lowest BCUT2D eigenvalue weighted by molar-refractivity contribution is 0.102. The average molecular weight is 482 g/mol. The van der Waals surface area contributed by atoms with Crippen molar-refractivity contribution in [2.24, 2.45) is 0 Å². The Morgan fingerprint density at radius 2 is 1.94 bits per heavy atom. The predicted octanol–water partition coefficient (Wildman–Crippen LogP) is 4.98. The maximum atomic E-state index is 13.4. The number of fused-ring (bicyclic) bond motifs is 1. The van der Waals surface area contributed by atoms with Crippen LogP contribution in [0.1, 0.15) is 49.2 Å². The van der Waals surface area contributed by atoms with Crippen molar-refractivity contribution in [1.29, 1.82) is 0 Å². The average Bonchev–Trinajstić information content (AvgIpc) is 3.45. The number of aromatic nitrogens is 3. The number of furan rings is 1. The fraction of sp³-hybridized carbons (Fsp3) is 0.292. The predicted molar refractivity (Wildman–Crippen MR) is 132 cm³/mol. The van der Waals surface area contributed by atoms with Crippen molar-refractivity contribution in [3.63, 3.8) is 0 Å². The Labute approximate surface area is 198 Å². The maximum Gasteiger partial charge on any atom is 0.256 e. The van der Waals surface area contributed by atoms with Gasteiger partial charge in [0, 0.05) is 11.7 Å². The Balaban J connectivity index is 1.73. The van der Waals surface area contributed by atoms with E-state index in [1.165, 1.54) is 0 Å². The van der Waals surface area contributed by atoms with Crippen LogP contribution in [0, 0.1) is 6.92 Å². The second-order valence-corrected chi connectivity index (χ2v) is 10.1. The maximum absolute atomic E-state index is 13.4. The number of hydrogen-bond donors (Lipinski definition) is 2. The third kappa shape index (κ3) is 4.67. The van der Waals surface area contributed by atoms with Crippen LogP contribution in [0.15, 0.2) is 53.3 Å². The Morgan fingerprint density at radius 3 is 2.62 bits per heavy atom. The molecule has 4 rings (SSSR count). The molecule has 0 saturated carbocycles. The van der Waals surface area contributed by atoms with Gasteiger partial charge in [-0.1, -0.05) is 13.0 Å². The van der Waals surface area contributed by atoms with E-state index in [9.17, 15) is 13.2 Å². The summed E-state index contributed by atoms with van der Waals surface area (Å²) in [5.41, 5.74) is 3.02. The molecule has 0 spiro atoms. The fourth-order valence-corrected chi connectivity index (χ4v) is 4.89. The van der Waals surface area contributed by atoms with E-state index >= 15 is 0 Å². The Hall–Kier alpha value is -3.66. The zero-order valence-corrected chi connectivity index (χ0v) is 20.3. The lowest BCUT2D eigenvalue weighted by Crippen LogP contribution is -2.18. The number of amides is 1. The number of pyridine rings is 1. The number of carbonyl (C=O) groups is 1. The number of benzene rings is 1. The summed E-state index contributed by atoms with van der Waals surface area (Å²) in [5, 5.41) is 7.95. The molecule has 178 valence electrons. The highest BCUT2D eigenvalue weighted by Gasteiger charge is 2.20. The summed E-state index contributed by atoms with van der Waals surface area (Å²) < 4.78 is 34.3. The molecule has 0 fully saturated rings. The second kappa shape index (κ2) is 9.30. The highest BCUT2D eigenvalue weighted by atomic mass is 32.2. The summed E-state index contributed by atoms with van der Waals surface area (Å²) in [5.74, 6) is 0.198. The van der Waals surface area contributed by atoms with Gasteiger partial charge in [0.1, 0.15) is 5.69 Å². The molecule has 34 heavy (non-hydrogen) atoms. The van der Waals surface area contributed by atoms with Crippen molar-refractivity contribution in [3.05, 3.63) is 60.0 Å². The van der Waals surface area contributed by atoms with Crippen molar-refractivity contribution in [2.45, 2.75) is 40.2 Å². The summed E-state index contributed by atoms with van der Waals surface area (Å²) in [6.45, 7) is 7.53. The van der Waals surface area contributed by atoms with Crippen molar-refractivity contribution >= 4 is 38.3 Å². The van der Waals surface area contributed by atoms with E-state index in [-0.39, 0.29) is 17.7 Å². The van der Waals surface area contributed by atoms with Crippen molar-refractivity contribution in [2.75, 3.05) is 15.8 Å². The number of sulfonamides is 1. The molecule has 9 nitrogen and oxygen atoms in total. The molecule has 0 aliphatic heterocycles. The van der Waals surface area contributed by atoms with Gasteiger partial charge in [0.05, 0.1) is 34.8 Å². The summed E-state index contributed by atoms with van der Waals surface area (Å²) in [6, 6.07) is 10.4. The van der Waals surface area contributed by atoms with E-state index in [1.807, 2.05) is 13.8 Å². The molecule has 0 atom stereocenters. The molecule has 1 amide bonds. The van der Waals surface area contributed by atoms with Crippen molar-refractivity contribution in [3.8, 4) is 11.5 Å². The second-order valence-electron chi connectivity index (χ2n) is 8.31. The fourth-order valence-electron chi connectivity index (χ4n) is 3.69. The Kier molecular flexibility index (Phi) is 6.43. The molecule has 4 aromatic rings. The van der Waals surface area contributed by atoms with Crippen LogP contribution >= 0.6 is 0 Å². The first-order chi connectivity index (χ1) is 16.2. The number of rotatable bonds is 8. The minimum Gasteiger partial charge on any atom is -0.463 e. The molecule has 0 unspecified atom stereocenters. The SMILES string of the molecule is CCCS(=O)(=O)Nc1cccc(NC(=O)c2cc(-c3ccco3)nc3c2cnn3C(C)C)c1C. The van der Waals surface area contributed by atoms with E-state index in [0.29, 0.717) is 51.4 Å². The van der Waals surface area contributed by atoms with E-state index in [1.54, 1.807) is 67.4 Å². The van der Waals surface area contributed by atoms with Crippen molar-refractivity contribution in [1.82, 2.24) is 14.8 Å². The van der Waals surface area contributed by atoms with Gasteiger partial charge in [-0.2, -0.15) is 5.10 Å². The number of hydrogen-bond acceptors (Lipinski definition) is 6. The highest BCUT2D eigenvalue weighted by Crippen LogP contribution is 2.29. The first kappa shape index (κ1) is 23.5. The first-order valence-corrected chi connectivity index (χ1v) is 12.7. The van der Waals surface area contributed by atoms with Crippen LogP contribution in [0.25, 0.3) is 22.5 Å². The minimum absolute atomic E-state index is 0.0213.